The number of fused-ring (bicyclic) bond motifs is 2. The zero-order valence-corrected chi connectivity index (χ0v) is 23.8. The molecule has 6 rings (SSSR count). The summed E-state index contributed by atoms with van der Waals surface area (Å²) in [4.78, 5) is 46.3. The summed E-state index contributed by atoms with van der Waals surface area (Å²) in [5.41, 5.74) is 2.16. The molecule has 2 aliphatic heterocycles. The van der Waals surface area contributed by atoms with Gasteiger partial charge in [-0.25, -0.2) is 19.3 Å². The molecule has 0 atom stereocenters. The lowest BCUT2D eigenvalue weighted by molar-refractivity contribution is -0.121. The van der Waals surface area contributed by atoms with Crippen LogP contribution in [0, 0.1) is 12.3 Å². The molecule has 2 aliphatic rings. The summed E-state index contributed by atoms with van der Waals surface area (Å²) in [6.45, 7) is 6.58. The average Bonchev–Trinajstić information content (AvgIpc) is 3.29. The Labute approximate surface area is 243 Å². The molecule has 216 valence electrons. The van der Waals surface area contributed by atoms with Gasteiger partial charge in [-0.15, -0.1) is 12.3 Å². The maximum absolute atomic E-state index is 13.3. The van der Waals surface area contributed by atoms with Crippen LogP contribution in [0.25, 0.3) is 16.9 Å². The van der Waals surface area contributed by atoms with Gasteiger partial charge in [0.2, 0.25) is 5.95 Å². The van der Waals surface area contributed by atoms with E-state index in [-0.39, 0.29) is 18.1 Å². The van der Waals surface area contributed by atoms with Gasteiger partial charge in [0.15, 0.2) is 29.6 Å². The van der Waals surface area contributed by atoms with Crippen LogP contribution in [0.3, 0.4) is 0 Å². The number of aromatic nitrogens is 5. The van der Waals surface area contributed by atoms with Gasteiger partial charge in [0, 0.05) is 63.3 Å². The summed E-state index contributed by atoms with van der Waals surface area (Å²) in [7, 11) is 2.14. The fourth-order valence-electron chi connectivity index (χ4n) is 5.34. The van der Waals surface area contributed by atoms with E-state index in [0.29, 0.717) is 60.3 Å². The maximum atomic E-state index is 13.3. The Morgan fingerprint density at radius 1 is 1.10 bits per heavy atom. The standard InChI is InChI=1S/C30H33N9O3/c1-4-6-7-13-37-26(40)20-42-24-11-12-25(33-28(24)37)39-27-23(29(41)38(39)5-2)19-31-30(34-27)32-21-9-8-10-22(18-21)36-16-14-35(3)15-17-36/h1,8-12,18-19H,5-7,13-17,20H2,2-3H3,(H,31,32,34). The molecule has 1 N–H and O–H groups in total. The number of pyridine rings is 1. The van der Waals surface area contributed by atoms with E-state index in [9.17, 15) is 9.59 Å². The molecule has 42 heavy (non-hydrogen) atoms. The Balaban J connectivity index is 1.36. The molecule has 3 aromatic heterocycles. The summed E-state index contributed by atoms with van der Waals surface area (Å²) >= 11 is 0. The van der Waals surface area contributed by atoms with E-state index >= 15 is 0 Å². The van der Waals surface area contributed by atoms with Crippen molar-refractivity contribution in [1.82, 2.24) is 29.2 Å². The number of terminal acetylenes is 1. The molecule has 0 bridgehead atoms. The van der Waals surface area contributed by atoms with Crippen molar-refractivity contribution in [2.75, 3.05) is 61.5 Å². The molecule has 0 saturated carbocycles. The molecule has 1 saturated heterocycles. The highest BCUT2D eigenvalue weighted by Crippen LogP contribution is 2.32. The quantitative estimate of drug-likeness (QED) is 0.254. The van der Waals surface area contributed by atoms with Crippen LogP contribution < -0.4 is 25.4 Å². The SMILES string of the molecule is C#CCCCN1C(=O)COc2ccc(-n3c4nc(Nc5cccc(N6CCN(C)CC6)c5)ncc4c(=O)n3CC)nc21. The molecule has 12 nitrogen and oxygen atoms in total. The van der Waals surface area contributed by atoms with Crippen LogP contribution in [0.2, 0.25) is 0 Å². The van der Waals surface area contributed by atoms with Crippen LogP contribution in [0.5, 0.6) is 5.75 Å². The second kappa shape index (κ2) is 11.5. The Hall–Kier alpha value is -4.89. The summed E-state index contributed by atoms with van der Waals surface area (Å²) in [6.07, 6.45) is 8.14. The number of carbonyl (C=O) groups is 1. The lowest BCUT2D eigenvalue weighted by Crippen LogP contribution is -2.44. The number of amides is 1. The van der Waals surface area contributed by atoms with Gasteiger partial charge in [0.1, 0.15) is 5.39 Å². The highest BCUT2D eigenvalue weighted by molar-refractivity contribution is 5.96. The summed E-state index contributed by atoms with van der Waals surface area (Å²) in [5.74, 6) is 4.10. The summed E-state index contributed by atoms with van der Waals surface area (Å²) in [6, 6.07) is 11.7. The van der Waals surface area contributed by atoms with Crippen molar-refractivity contribution < 1.29 is 9.53 Å². The van der Waals surface area contributed by atoms with Gasteiger partial charge in [-0.2, -0.15) is 4.98 Å². The molecular formula is C30H33N9O3. The van der Waals surface area contributed by atoms with E-state index in [1.807, 2.05) is 19.1 Å². The number of carbonyl (C=O) groups excluding carboxylic acids is 1. The average molecular weight is 568 g/mol. The van der Waals surface area contributed by atoms with Gasteiger partial charge < -0.3 is 19.9 Å². The number of piperazine rings is 1. The van der Waals surface area contributed by atoms with E-state index < -0.39 is 0 Å². The van der Waals surface area contributed by atoms with Gasteiger partial charge in [0.25, 0.3) is 11.5 Å². The van der Waals surface area contributed by atoms with Crippen LogP contribution in [0.1, 0.15) is 19.8 Å². The topological polar surface area (TPSA) is 114 Å². The van der Waals surface area contributed by atoms with Gasteiger partial charge in [-0.3, -0.25) is 14.5 Å². The number of nitrogens with one attached hydrogen (secondary N) is 1. The molecule has 12 heteroatoms. The number of benzene rings is 1. The normalized spacial score (nSPS) is 15.4. The van der Waals surface area contributed by atoms with Crippen LogP contribution in [0.15, 0.2) is 47.4 Å². The first-order valence-corrected chi connectivity index (χ1v) is 14.1. The molecule has 0 unspecified atom stereocenters. The van der Waals surface area contributed by atoms with Gasteiger partial charge in [0.05, 0.1) is 0 Å². The fourth-order valence-corrected chi connectivity index (χ4v) is 5.34. The molecule has 0 spiro atoms. The van der Waals surface area contributed by atoms with E-state index in [1.165, 1.54) is 6.20 Å². The number of rotatable bonds is 8. The monoisotopic (exact) mass is 567 g/mol. The third-order valence-corrected chi connectivity index (χ3v) is 7.60. The summed E-state index contributed by atoms with van der Waals surface area (Å²) in [5, 5.41) is 3.67. The molecule has 4 aromatic rings. The Morgan fingerprint density at radius 3 is 2.71 bits per heavy atom. The van der Waals surface area contributed by atoms with Crippen molar-refractivity contribution in [1.29, 1.82) is 0 Å². The smallest absolute Gasteiger partial charge is 0.278 e. The van der Waals surface area contributed by atoms with Crippen molar-refractivity contribution >= 4 is 40.1 Å². The zero-order chi connectivity index (χ0) is 29.2. The minimum atomic E-state index is -0.228. The molecule has 1 fully saturated rings. The second-order valence-electron chi connectivity index (χ2n) is 10.4. The number of unbranched alkanes of at least 4 members (excludes halogenated alkanes) is 1. The molecular weight excluding hydrogens is 534 g/mol. The minimum Gasteiger partial charge on any atom is -0.480 e. The molecule has 5 heterocycles. The first-order valence-electron chi connectivity index (χ1n) is 14.1. The Bertz CT molecular complexity index is 1730. The van der Waals surface area contributed by atoms with E-state index in [4.69, 9.17) is 21.1 Å². The molecule has 0 radical (unpaired) electrons. The van der Waals surface area contributed by atoms with Crippen LogP contribution in [-0.2, 0) is 11.3 Å². The van der Waals surface area contributed by atoms with Crippen molar-refractivity contribution in [2.24, 2.45) is 0 Å². The van der Waals surface area contributed by atoms with E-state index in [1.54, 1.807) is 26.4 Å². The lowest BCUT2D eigenvalue weighted by Gasteiger charge is -2.34. The predicted octanol–water partition coefficient (Wildman–Crippen LogP) is 2.63. The van der Waals surface area contributed by atoms with Crippen LogP contribution in [0.4, 0.5) is 23.1 Å². The number of likely N-dealkylation sites (N-methyl/N-ethyl adjacent to an activating group) is 1. The predicted molar refractivity (Wildman–Crippen MR) is 162 cm³/mol. The Kier molecular flexibility index (Phi) is 7.50. The number of ether oxygens (including phenoxy) is 1. The first kappa shape index (κ1) is 27.3. The minimum absolute atomic E-state index is 0.0610. The van der Waals surface area contributed by atoms with Crippen LogP contribution in [-0.4, -0.2) is 81.5 Å². The third kappa shape index (κ3) is 5.14. The maximum Gasteiger partial charge on any atom is 0.278 e. The largest absolute Gasteiger partial charge is 0.480 e. The van der Waals surface area contributed by atoms with Crippen molar-refractivity contribution in [2.45, 2.75) is 26.3 Å². The summed E-state index contributed by atoms with van der Waals surface area (Å²) < 4.78 is 8.87. The number of hydrogen-bond acceptors (Lipinski definition) is 9. The van der Waals surface area contributed by atoms with Crippen molar-refractivity contribution in [3.8, 4) is 23.9 Å². The van der Waals surface area contributed by atoms with Gasteiger partial charge in [-0.1, -0.05) is 6.07 Å². The van der Waals surface area contributed by atoms with Gasteiger partial charge >= 0.3 is 0 Å². The highest BCUT2D eigenvalue weighted by atomic mass is 16.5. The first-order chi connectivity index (χ1) is 20.5. The molecule has 1 aromatic carbocycles. The second-order valence-corrected chi connectivity index (χ2v) is 10.4. The van der Waals surface area contributed by atoms with E-state index in [0.717, 1.165) is 37.6 Å². The van der Waals surface area contributed by atoms with Crippen LogP contribution >= 0.6 is 0 Å². The van der Waals surface area contributed by atoms with Crippen molar-refractivity contribution in [3.63, 3.8) is 0 Å². The zero-order valence-electron chi connectivity index (χ0n) is 23.8. The third-order valence-electron chi connectivity index (χ3n) is 7.60. The number of anilines is 4. The van der Waals surface area contributed by atoms with Gasteiger partial charge in [-0.05, 0) is 50.7 Å². The fraction of sp³-hybridized carbons (Fsp3) is 0.367. The molecule has 1 amide bonds. The highest BCUT2D eigenvalue weighted by Gasteiger charge is 2.28. The molecule has 0 aliphatic carbocycles. The number of nitrogens with zero attached hydrogens (tertiary/aromatic N) is 8. The Morgan fingerprint density at radius 2 is 1.93 bits per heavy atom. The van der Waals surface area contributed by atoms with Crippen molar-refractivity contribution in [3.05, 3.63) is 52.9 Å². The number of hydrogen-bond donors (Lipinski definition) is 1. The lowest BCUT2D eigenvalue weighted by atomic mass is 10.2. The van der Waals surface area contributed by atoms with E-state index in [2.05, 4.69) is 45.2 Å².